The molecule has 118 valence electrons. The number of thiazole rings is 1. The Kier molecular flexibility index (Phi) is 4.40. The molecular formula is C16H23N5S. The predicted molar refractivity (Wildman–Crippen MR) is 90.3 cm³/mol. The van der Waals surface area contributed by atoms with Crippen LogP contribution in [0.25, 0.3) is 0 Å². The van der Waals surface area contributed by atoms with Crippen molar-refractivity contribution in [3.05, 3.63) is 34.2 Å². The van der Waals surface area contributed by atoms with E-state index < -0.39 is 0 Å². The van der Waals surface area contributed by atoms with Gasteiger partial charge in [-0.05, 0) is 12.8 Å². The largest absolute Gasteiger partial charge is 0.354 e. The maximum atomic E-state index is 5.87. The molecule has 1 fully saturated rings. The zero-order valence-corrected chi connectivity index (χ0v) is 14.2. The molecule has 0 amide bonds. The first-order valence-corrected chi connectivity index (χ1v) is 8.64. The van der Waals surface area contributed by atoms with Crippen LogP contribution in [0.5, 0.6) is 0 Å². The predicted octanol–water partition coefficient (Wildman–Crippen LogP) is 2.90. The van der Waals surface area contributed by atoms with E-state index in [1.807, 2.05) is 7.05 Å². The fourth-order valence-corrected chi connectivity index (χ4v) is 3.51. The highest BCUT2D eigenvalue weighted by molar-refractivity contribution is 7.09. The van der Waals surface area contributed by atoms with Crippen LogP contribution in [-0.4, -0.2) is 28.0 Å². The van der Waals surface area contributed by atoms with E-state index in [1.165, 1.54) is 5.01 Å². The van der Waals surface area contributed by atoms with Crippen LogP contribution in [0.3, 0.4) is 0 Å². The molecule has 2 heterocycles. The van der Waals surface area contributed by atoms with E-state index in [9.17, 15) is 0 Å². The summed E-state index contributed by atoms with van der Waals surface area (Å²) in [6, 6.07) is 2.43. The maximum Gasteiger partial charge on any atom is 0.132 e. The second-order valence-corrected chi connectivity index (χ2v) is 7.31. The first-order valence-electron chi connectivity index (χ1n) is 7.76. The van der Waals surface area contributed by atoms with E-state index in [0.717, 1.165) is 36.6 Å². The number of aromatic nitrogens is 3. The minimum Gasteiger partial charge on any atom is -0.354 e. The van der Waals surface area contributed by atoms with E-state index >= 15 is 0 Å². The summed E-state index contributed by atoms with van der Waals surface area (Å²) in [5.41, 5.74) is 8.08. The zero-order valence-electron chi connectivity index (χ0n) is 13.4. The van der Waals surface area contributed by atoms with Crippen molar-refractivity contribution in [2.75, 3.05) is 11.9 Å². The van der Waals surface area contributed by atoms with Gasteiger partial charge in [-0.15, -0.1) is 11.3 Å². The van der Waals surface area contributed by atoms with Gasteiger partial charge in [0, 0.05) is 42.1 Å². The van der Waals surface area contributed by atoms with Gasteiger partial charge >= 0.3 is 0 Å². The van der Waals surface area contributed by atoms with Gasteiger partial charge in [0.1, 0.15) is 12.1 Å². The van der Waals surface area contributed by atoms with E-state index in [-0.39, 0.29) is 0 Å². The van der Waals surface area contributed by atoms with Crippen LogP contribution in [-0.2, 0) is 6.54 Å². The number of nitrogens with zero attached hydrogens (tertiary/aromatic N) is 4. The first-order chi connectivity index (χ1) is 10.5. The molecule has 0 bridgehead atoms. The smallest absolute Gasteiger partial charge is 0.132 e. The van der Waals surface area contributed by atoms with E-state index in [0.29, 0.717) is 17.9 Å². The molecular weight excluding hydrogens is 294 g/mol. The van der Waals surface area contributed by atoms with Crippen molar-refractivity contribution in [3.63, 3.8) is 0 Å². The van der Waals surface area contributed by atoms with Crippen molar-refractivity contribution in [3.8, 4) is 0 Å². The normalized spacial score (nSPS) is 21.0. The van der Waals surface area contributed by atoms with Crippen LogP contribution in [0.4, 0.5) is 5.82 Å². The third-order valence-corrected chi connectivity index (χ3v) is 5.31. The molecule has 1 saturated carbocycles. The average Bonchev–Trinajstić information content (AvgIpc) is 2.93. The monoisotopic (exact) mass is 317 g/mol. The molecule has 0 spiro atoms. The van der Waals surface area contributed by atoms with Crippen molar-refractivity contribution >= 4 is 17.2 Å². The number of nitrogens with two attached hydrogens (primary N) is 1. The average molecular weight is 317 g/mol. The quantitative estimate of drug-likeness (QED) is 0.918. The van der Waals surface area contributed by atoms with Crippen molar-refractivity contribution in [2.45, 2.75) is 51.1 Å². The molecule has 1 aliphatic rings. The lowest BCUT2D eigenvalue weighted by molar-refractivity contribution is 0.345. The molecule has 2 aromatic heterocycles. The molecule has 5 nitrogen and oxygen atoms in total. The van der Waals surface area contributed by atoms with E-state index in [4.69, 9.17) is 5.73 Å². The molecule has 22 heavy (non-hydrogen) atoms. The topological polar surface area (TPSA) is 67.9 Å². The summed E-state index contributed by atoms with van der Waals surface area (Å²) in [4.78, 5) is 15.6. The molecule has 0 aromatic carbocycles. The fourth-order valence-electron chi connectivity index (χ4n) is 2.68. The van der Waals surface area contributed by atoms with Crippen LogP contribution >= 0.6 is 11.3 Å². The summed E-state index contributed by atoms with van der Waals surface area (Å²) in [7, 11) is 2.05. The number of hydrogen-bond acceptors (Lipinski definition) is 6. The second-order valence-electron chi connectivity index (χ2n) is 6.42. The van der Waals surface area contributed by atoms with Crippen LogP contribution < -0.4 is 10.6 Å². The number of rotatable bonds is 5. The van der Waals surface area contributed by atoms with Crippen molar-refractivity contribution < 1.29 is 0 Å². The molecule has 0 aliphatic heterocycles. The highest BCUT2D eigenvalue weighted by Crippen LogP contribution is 2.35. The van der Waals surface area contributed by atoms with Crippen molar-refractivity contribution in [1.29, 1.82) is 0 Å². The lowest BCUT2D eigenvalue weighted by Crippen LogP contribution is -2.35. The van der Waals surface area contributed by atoms with Gasteiger partial charge in [-0.1, -0.05) is 13.8 Å². The zero-order chi connectivity index (χ0) is 15.7. The Morgan fingerprint density at radius 3 is 2.77 bits per heavy atom. The van der Waals surface area contributed by atoms with Gasteiger partial charge in [-0.25, -0.2) is 15.0 Å². The maximum absolute atomic E-state index is 5.87. The lowest BCUT2D eigenvalue weighted by Gasteiger charge is -2.32. The van der Waals surface area contributed by atoms with E-state index in [1.54, 1.807) is 17.7 Å². The van der Waals surface area contributed by atoms with E-state index in [2.05, 4.69) is 45.1 Å². The highest BCUT2D eigenvalue weighted by atomic mass is 32.1. The standard InChI is InChI=1S/C16H23N5S/c1-10(2)16-20-13(8-22-16)7-21(3)15-6-14(18-9-19-15)11-4-12(17)5-11/h6,8-12H,4-5,7,17H2,1-3H3. The van der Waals surface area contributed by atoms with Gasteiger partial charge in [0.05, 0.1) is 17.2 Å². The van der Waals surface area contributed by atoms with Crippen LogP contribution in [0.1, 0.15) is 54.9 Å². The molecule has 0 atom stereocenters. The summed E-state index contributed by atoms with van der Waals surface area (Å²) in [5.74, 6) is 1.93. The SMILES string of the molecule is CC(C)c1nc(CN(C)c2cc(C3CC(N)C3)ncn2)cs1. The molecule has 0 radical (unpaired) electrons. The highest BCUT2D eigenvalue weighted by Gasteiger charge is 2.28. The molecule has 1 aliphatic carbocycles. The Balaban J connectivity index is 1.68. The third-order valence-electron chi connectivity index (χ3n) is 4.12. The second kappa shape index (κ2) is 6.30. The van der Waals surface area contributed by atoms with Gasteiger partial charge in [-0.3, -0.25) is 0 Å². The minimum absolute atomic E-state index is 0.339. The Bertz CT molecular complexity index is 633. The Labute approximate surface area is 135 Å². The molecule has 2 N–H and O–H groups in total. The third kappa shape index (κ3) is 3.28. The van der Waals surface area contributed by atoms with Crippen LogP contribution in [0, 0.1) is 0 Å². The molecule has 0 unspecified atom stereocenters. The summed E-state index contributed by atoms with van der Waals surface area (Å²) in [6.45, 7) is 5.11. The van der Waals surface area contributed by atoms with Gasteiger partial charge in [0.2, 0.25) is 0 Å². The number of hydrogen-bond donors (Lipinski definition) is 1. The Hall–Kier alpha value is -1.53. The minimum atomic E-state index is 0.339. The van der Waals surface area contributed by atoms with Crippen molar-refractivity contribution in [2.24, 2.45) is 5.73 Å². The fraction of sp³-hybridized carbons (Fsp3) is 0.562. The van der Waals surface area contributed by atoms with Crippen LogP contribution in [0.15, 0.2) is 17.8 Å². The molecule has 6 heteroatoms. The molecule has 2 aromatic rings. The van der Waals surface area contributed by atoms with Crippen molar-refractivity contribution in [1.82, 2.24) is 15.0 Å². The summed E-state index contributed by atoms with van der Waals surface area (Å²) in [6.07, 6.45) is 3.72. The summed E-state index contributed by atoms with van der Waals surface area (Å²) in [5, 5.41) is 3.33. The summed E-state index contributed by atoms with van der Waals surface area (Å²) >= 11 is 1.73. The van der Waals surface area contributed by atoms with Crippen LogP contribution in [0.2, 0.25) is 0 Å². The number of anilines is 1. The molecule has 3 rings (SSSR count). The lowest BCUT2D eigenvalue weighted by atomic mass is 9.78. The Morgan fingerprint density at radius 1 is 1.36 bits per heavy atom. The van der Waals surface area contributed by atoms with Gasteiger partial charge in [0.15, 0.2) is 0 Å². The first kappa shape index (κ1) is 15.4. The van der Waals surface area contributed by atoms with Gasteiger partial charge in [-0.2, -0.15) is 0 Å². The van der Waals surface area contributed by atoms with Gasteiger partial charge in [0.25, 0.3) is 0 Å². The molecule has 0 saturated heterocycles. The van der Waals surface area contributed by atoms with Gasteiger partial charge < -0.3 is 10.6 Å². The Morgan fingerprint density at radius 2 is 2.14 bits per heavy atom. The summed E-state index contributed by atoms with van der Waals surface area (Å²) < 4.78 is 0.